The van der Waals surface area contributed by atoms with Crippen molar-refractivity contribution >= 4 is 5.78 Å². The Morgan fingerprint density at radius 2 is 1.88 bits per heavy atom. The average molecular weight is 464 g/mol. The van der Waals surface area contributed by atoms with Gasteiger partial charge in [0.2, 0.25) is 5.82 Å². The summed E-state index contributed by atoms with van der Waals surface area (Å²) >= 11 is 0. The van der Waals surface area contributed by atoms with Gasteiger partial charge in [0.15, 0.2) is 5.78 Å². The molecule has 5 rings (SSSR count). The van der Waals surface area contributed by atoms with Crippen LogP contribution in [-0.4, -0.2) is 36.0 Å². The zero-order valence-electron chi connectivity index (χ0n) is 18.3. The molecule has 10 heteroatoms. The second-order valence-electron chi connectivity index (χ2n) is 8.81. The lowest BCUT2D eigenvalue weighted by molar-refractivity contribution is -0.137. The molecule has 0 N–H and O–H groups in total. The topological polar surface area (TPSA) is 86.4 Å². The number of carbonyl (C=O) groups excluding carboxylic acids is 1. The molecule has 0 atom stereocenters. The maximum absolute atomic E-state index is 13.6. The molecular weight excluding hydrogens is 445 g/mol. The normalized spacial score (nSPS) is 15.3. The molecule has 1 aliphatic carbocycles. The van der Waals surface area contributed by atoms with Gasteiger partial charge in [0.1, 0.15) is 5.69 Å². The van der Waals surface area contributed by atoms with E-state index in [9.17, 15) is 18.0 Å². The molecule has 1 aliphatic rings. The Bertz CT molecular complexity index is 1400. The van der Waals surface area contributed by atoms with Crippen LogP contribution in [-0.2, 0) is 12.6 Å². The number of alkyl halides is 3. The lowest BCUT2D eigenvalue weighted by Gasteiger charge is -2.28. The van der Waals surface area contributed by atoms with Crippen molar-refractivity contribution in [2.24, 2.45) is 5.41 Å². The summed E-state index contributed by atoms with van der Waals surface area (Å²) in [4.78, 5) is 22.2. The summed E-state index contributed by atoms with van der Waals surface area (Å²) in [5.74, 6) is 0.191. The number of rotatable bonds is 3. The molecule has 3 heterocycles. The number of nitrogens with zero attached hydrogens (tertiary/aromatic N) is 6. The fourth-order valence-corrected chi connectivity index (χ4v) is 3.95. The molecule has 0 aliphatic heterocycles. The third kappa shape index (κ3) is 3.95. The van der Waals surface area contributed by atoms with Gasteiger partial charge in [-0.05, 0) is 60.0 Å². The smallest absolute Gasteiger partial charge is 0.294 e. The standard InChI is InChI=1S/C24H19F3N6O/c1-23(2)8-7-19-18(21(23)34)5-6-20(29-19)22-30-32-33(31-22)17-11-15(14-4-3-9-28-13-14)10-16(12-17)24(25,26)27/h3-6,9-13H,7-8H2,1-2H3. The van der Waals surface area contributed by atoms with Gasteiger partial charge in [0, 0.05) is 28.9 Å². The molecule has 4 aromatic rings. The number of halogens is 3. The summed E-state index contributed by atoms with van der Waals surface area (Å²) in [7, 11) is 0. The first-order chi connectivity index (χ1) is 16.1. The van der Waals surface area contributed by atoms with Crippen LogP contribution in [0.4, 0.5) is 13.2 Å². The first-order valence-electron chi connectivity index (χ1n) is 10.6. The largest absolute Gasteiger partial charge is 0.416 e. The SMILES string of the molecule is CC1(C)CCc2nc(-c3nnn(-c4cc(-c5cccnc5)cc(C(F)(F)F)c4)n3)ccc2C1=O. The van der Waals surface area contributed by atoms with Gasteiger partial charge in [-0.1, -0.05) is 19.9 Å². The number of pyridine rings is 2. The molecule has 0 saturated heterocycles. The summed E-state index contributed by atoms with van der Waals surface area (Å²) in [5.41, 5.74) is 1.31. The van der Waals surface area contributed by atoms with Crippen molar-refractivity contribution in [2.75, 3.05) is 0 Å². The van der Waals surface area contributed by atoms with Gasteiger partial charge in [-0.15, -0.1) is 15.0 Å². The molecule has 0 saturated carbocycles. The number of ketones is 1. The average Bonchev–Trinajstić information content (AvgIpc) is 3.32. The van der Waals surface area contributed by atoms with Crippen molar-refractivity contribution in [3.8, 4) is 28.3 Å². The summed E-state index contributed by atoms with van der Waals surface area (Å²) in [6, 6.07) is 10.2. The van der Waals surface area contributed by atoms with Crippen molar-refractivity contribution in [1.29, 1.82) is 0 Å². The van der Waals surface area contributed by atoms with E-state index in [1.165, 1.54) is 6.20 Å². The van der Waals surface area contributed by atoms with Gasteiger partial charge < -0.3 is 0 Å². The number of aromatic nitrogens is 6. The molecule has 0 unspecified atom stereocenters. The Kier molecular flexibility index (Phi) is 5.03. The number of aryl methyl sites for hydroxylation is 1. The van der Waals surface area contributed by atoms with E-state index in [0.29, 0.717) is 40.9 Å². The molecule has 34 heavy (non-hydrogen) atoms. The van der Waals surface area contributed by atoms with Gasteiger partial charge in [-0.25, -0.2) is 4.98 Å². The quantitative estimate of drug-likeness (QED) is 0.426. The van der Waals surface area contributed by atoms with Crippen LogP contribution < -0.4 is 0 Å². The molecule has 0 fully saturated rings. The predicted octanol–water partition coefficient (Wildman–Crippen LogP) is 4.96. The highest BCUT2D eigenvalue weighted by molar-refractivity contribution is 6.02. The summed E-state index contributed by atoms with van der Waals surface area (Å²) < 4.78 is 40.7. The van der Waals surface area contributed by atoms with Crippen molar-refractivity contribution < 1.29 is 18.0 Å². The number of hydrogen-bond acceptors (Lipinski definition) is 6. The van der Waals surface area contributed by atoms with Crippen LogP contribution in [0.1, 0.15) is 41.9 Å². The summed E-state index contributed by atoms with van der Waals surface area (Å²) in [5, 5.41) is 12.2. The minimum atomic E-state index is -4.56. The van der Waals surface area contributed by atoms with Crippen molar-refractivity contribution in [3.63, 3.8) is 0 Å². The maximum Gasteiger partial charge on any atom is 0.416 e. The van der Waals surface area contributed by atoms with Gasteiger partial charge in [0.05, 0.1) is 16.9 Å². The van der Waals surface area contributed by atoms with Crippen molar-refractivity contribution in [1.82, 2.24) is 30.2 Å². The van der Waals surface area contributed by atoms with Gasteiger partial charge >= 0.3 is 6.18 Å². The molecule has 0 bridgehead atoms. The Hall–Kier alpha value is -3.95. The van der Waals surface area contributed by atoms with Gasteiger partial charge in [-0.3, -0.25) is 9.78 Å². The van der Waals surface area contributed by atoms with Gasteiger partial charge in [-0.2, -0.15) is 13.2 Å². The molecule has 0 radical (unpaired) electrons. The predicted molar refractivity (Wildman–Crippen MR) is 117 cm³/mol. The lowest BCUT2D eigenvalue weighted by atomic mass is 9.75. The molecule has 1 aromatic carbocycles. The monoisotopic (exact) mass is 464 g/mol. The summed E-state index contributed by atoms with van der Waals surface area (Å²) in [6.45, 7) is 3.82. The van der Waals surface area contributed by atoms with E-state index in [-0.39, 0.29) is 17.3 Å². The highest BCUT2D eigenvalue weighted by atomic mass is 19.4. The molecule has 0 spiro atoms. The number of tetrazole rings is 1. The molecule has 0 amide bonds. The van der Waals surface area contributed by atoms with E-state index < -0.39 is 17.2 Å². The Morgan fingerprint density at radius 3 is 2.62 bits per heavy atom. The first-order valence-corrected chi connectivity index (χ1v) is 10.6. The van der Waals surface area contributed by atoms with E-state index in [4.69, 9.17) is 0 Å². The highest BCUT2D eigenvalue weighted by Crippen LogP contribution is 2.36. The van der Waals surface area contributed by atoms with E-state index in [2.05, 4.69) is 25.4 Å². The van der Waals surface area contributed by atoms with E-state index in [0.717, 1.165) is 16.9 Å². The van der Waals surface area contributed by atoms with E-state index in [1.807, 2.05) is 13.8 Å². The Morgan fingerprint density at radius 1 is 1.06 bits per heavy atom. The third-order valence-corrected chi connectivity index (χ3v) is 5.93. The fourth-order valence-electron chi connectivity index (χ4n) is 3.95. The Balaban J connectivity index is 1.54. The molecular formula is C24H19F3N6O. The summed E-state index contributed by atoms with van der Waals surface area (Å²) in [6.07, 6.45) is -0.214. The lowest BCUT2D eigenvalue weighted by Crippen LogP contribution is -2.31. The molecule has 3 aromatic heterocycles. The fraction of sp³-hybridized carbons (Fsp3) is 0.250. The zero-order chi connectivity index (χ0) is 24.1. The number of fused-ring (bicyclic) bond motifs is 1. The van der Waals surface area contributed by atoms with Crippen LogP contribution in [0.2, 0.25) is 0 Å². The van der Waals surface area contributed by atoms with Gasteiger partial charge in [0.25, 0.3) is 0 Å². The number of Topliss-reactive ketones (excluding diaryl/α,β-unsaturated/α-hetero) is 1. The van der Waals surface area contributed by atoms with Crippen LogP contribution in [0.25, 0.3) is 28.3 Å². The van der Waals surface area contributed by atoms with Crippen LogP contribution in [0.3, 0.4) is 0 Å². The van der Waals surface area contributed by atoms with E-state index in [1.54, 1.807) is 36.5 Å². The van der Waals surface area contributed by atoms with Crippen LogP contribution >= 0.6 is 0 Å². The number of benzene rings is 1. The van der Waals surface area contributed by atoms with Crippen LogP contribution in [0.5, 0.6) is 0 Å². The maximum atomic E-state index is 13.6. The second-order valence-corrected chi connectivity index (χ2v) is 8.81. The van der Waals surface area contributed by atoms with E-state index >= 15 is 0 Å². The van der Waals surface area contributed by atoms with Crippen LogP contribution in [0.15, 0.2) is 54.9 Å². The molecule has 172 valence electrons. The Labute approximate surface area is 192 Å². The second kappa shape index (κ2) is 7.82. The minimum Gasteiger partial charge on any atom is -0.294 e. The minimum absolute atomic E-state index is 0.0383. The number of carbonyl (C=O) groups is 1. The van der Waals surface area contributed by atoms with Crippen molar-refractivity contribution in [2.45, 2.75) is 32.9 Å². The zero-order valence-corrected chi connectivity index (χ0v) is 18.3. The first kappa shape index (κ1) is 21.9. The molecule has 7 nitrogen and oxygen atoms in total. The third-order valence-electron chi connectivity index (χ3n) is 5.93. The highest BCUT2D eigenvalue weighted by Gasteiger charge is 2.35. The van der Waals surface area contributed by atoms with Crippen molar-refractivity contribution in [3.05, 3.63) is 71.7 Å². The van der Waals surface area contributed by atoms with Crippen LogP contribution in [0, 0.1) is 5.41 Å². The number of hydrogen-bond donors (Lipinski definition) is 0.